The van der Waals surface area contributed by atoms with Crippen molar-refractivity contribution in [3.05, 3.63) is 28.5 Å². The molecule has 0 saturated heterocycles. The van der Waals surface area contributed by atoms with Gasteiger partial charge in [0.2, 0.25) is 0 Å². The number of hydrogen-bond acceptors (Lipinski definition) is 3. The molecule has 2 atom stereocenters. The Bertz CT molecular complexity index is 305. The molecule has 0 bridgehead atoms. The predicted molar refractivity (Wildman–Crippen MR) is 66.8 cm³/mol. The molecule has 0 unspecified atom stereocenters. The van der Waals surface area contributed by atoms with Crippen molar-refractivity contribution in [1.29, 1.82) is 0 Å². The van der Waals surface area contributed by atoms with Gasteiger partial charge in [-0.15, -0.1) is 4.72 Å². The molecule has 1 aromatic heterocycles. The minimum absolute atomic E-state index is 0.0498. The normalized spacial score (nSPS) is 15.3. The van der Waals surface area contributed by atoms with Gasteiger partial charge in [0.1, 0.15) is 9.85 Å². The Morgan fingerprint density at radius 3 is 2.53 bits per heavy atom. The summed E-state index contributed by atoms with van der Waals surface area (Å²) >= 11 is 2.28. The molecule has 0 aliphatic rings. The van der Waals surface area contributed by atoms with Crippen molar-refractivity contribution in [2.24, 2.45) is 0 Å². The van der Waals surface area contributed by atoms with Crippen molar-refractivity contribution in [1.82, 2.24) is 9.71 Å². The molecule has 0 aromatic carbocycles. The van der Waals surface area contributed by atoms with Gasteiger partial charge in [0.15, 0.2) is 0 Å². The van der Waals surface area contributed by atoms with E-state index in [1.807, 2.05) is 32.9 Å². The summed E-state index contributed by atoms with van der Waals surface area (Å²) in [6.45, 7) is 5.83. The van der Waals surface area contributed by atoms with E-state index in [0.29, 0.717) is 0 Å². The van der Waals surface area contributed by atoms with E-state index in [9.17, 15) is 4.55 Å². The van der Waals surface area contributed by atoms with Crippen molar-refractivity contribution < 1.29 is 4.55 Å². The lowest BCUT2D eigenvalue weighted by atomic mass is 10.2. The van der Waals surface area contributed by atoms with Gasteiger partial charge in [0.05, 0.1) is 6.04 Å². The smallest absolute Gasteiger partial charge is 0.129 e. The lowest BCUT2D eigenvalue weighted by molar-refractivity contribution is 0.557. The van der Waals surface area contributed by atoms with E-state index in [-0.39, 0.29) is 11.3 Å². The van der Waals surface area contributed by atoms with Gasteiger partial charge in [-0.25, -0.2) is 4.98 Å². The fourth-order valence-corrected chi connectivity index (χ4v) is 2.01. The van der Waals surface area contributed by atoms with E-state index in [1.165, 1.54) is 0 Å². The third-order valence-electron chi connectivity index (χ3n) is 1.97. The molecule has 0 fully saturated rings. The van der Waals surface area contributed by atoms with Crippen molar-refractivity contribution >= 4 is 27.3 Å². The van der Waals surface area contributed by atoms with Gasteiger partial charge in [0.25, 0.3) is 0 Å². The van der Waals surface area contributed by atoms with E-state index in [4.69, 9.17) is 0 Å². The van der Waals surface area contributed by atoms with Gasteiger partial charge in [-0.2, -0.15) is 0 Å². The highest BCUT2D eigenvalue weighted by Gasteiger charge is 2.16. The minimum atomic E-state index is -0.997. The highest BCUT2D eigenvalue weighted by Crippen LogP contribution is 2.15. The summed E-state index contributed by atoms with van der Waals surface area (Å²) in [5.41, 5.74) is 1.03. The number of rotatable bonds is 4. The number of nitrogens with one attached hydrogen (secondary N) is 1. The van der Waals surface area contributed by atoms with E-state index in [1.54, 1.807) is 6.20 Å². The minimum Gasteiger partial charge on any atom is -0.598 e. The third kappa shape index (κ3) is 4.10. The van der Waals surface area contributed by atoms with Gasteiger partial charge >= 0.3 is 0 Å². The first-order valence-corrected chi connectivity index (χ1v) is 6.79. The van der Waals surface area contributed by atoms with Gasteiger partial charge in [-0.3, -0.25) is 0 Å². The van der Waals surface area contributed by atoms with Crippen LogP contribution in [-0.4, -0.2) is 14.8 Å². The average molecular weight is 291 g/mol. The largest absolute Gasteiger partial charge is 0.598 e. The number of pyridine rings is 1. The zero-order valence-corrected chi connectivity index (χ0v) is 11.4. The van der Waals surface area contributed by atoms with Crippen LogP contribution in [0.4, 0.5) is 0 Å². The molecule has 15 heavy (non-hydrogen) atoms. The van der Waals surface area contributed by atoms with Crippen LogP contribution in [0.3, 0.4) is 0 Å². The Kier molecular flexibility index (Phi) is 5.05. The average Bonchev–Trinajstić information content (AvgIpc) is 2.18. The van der Waals surface area contributed by atoms with Crippen LogP contribution in [0.5, 0.6) is 0 Å². The molecule has 84 valence electrons. The number of hydrogen-bond donors (Lipinski definition) is 1. The molecule has 0 spiro atoms. The highest BCUT2D eigenvalue weighted by molar-refractivity contribution is 9.10. The summed E-state index contributed by atoms with van der Waals surface area (Å²) in [6, 6.07) is 3.90. The molecule has 1 rings (SSSR count). The van der Waals surface area contributed by atoms with Gasteiger partial charge in [-0.05, 0) is 48.3 Å². The lowest BCUT2D eigenvalue weighted by Crippen LogP contribution is -2.32. The SMILES string of the molecule is CC(C)[S@+]([O-])N[C@H](C)c1ccc(Br)nc1. The van der Waals surface area contributed by atoms with Crippen LogP contribution in [0, 0.1) is 0 Å². The van der Waals surface area contributed by atoms with E-state index in [0.717, 1.165) is 10.2 Å². The van der Waals surface area contributed by atoms with Crippen molar-refractivity contribution in [3.8, 4) is 0 Å². The molecule has 0 saturated carbocycles. The summed E-state index contributed by atoms with van der Waals surface area (Å²) < 4.78 is 15.4. The summed E-state index contributed by atoms with van der Waals surface area (Å²) in [5.74, 6) is 0. The second kappa shape index (κ2) is 5.84. The predicted octanol–water partition coefficient (Wildman–Crippen LogP) is 2.57. The standard InChI is InChI=1S/C10H15BrN2OS/c1-7(2)15(14)13-8(3)9-4-5-10(11)12-6-9/h4-8,13H,1-3H3/t8-,15+/m1/s1. The summed E-state index contributed by atoms with van der Waals surface area (Å²) in [7, 11) is 0. The number of halogens is 1. The van der Waals surface area contributed by atoms with E-state index in [2.05, 4.69) is 25.6 Å². The maximum absolute atomic E-state index is 11.6. The van der Waals surface area contributed by atoms with Crippen molar-refractivity contribution in [3.63, 3.8) is 0 Å². The van der Waals surface area contributed by atoms with Crippen molar-refractivity contribution in [2.45, 2.75) is 32.1 Å². The number of nitrogens with zero attached hydrogens (tertiary/aromatic N) is 1. The first-order valence-electron chi connectivity index (χ1n) is 4.79. The van der Waals surface area contributed by atoms with Crippen LogP contribution in [0.25, 0.3) is 0 Å². The Balaban J connectivity index is 2.61. The zero-order valence-electron chi connectivity index (χ0n) is 9.03. The Morgan fingerprint density at radius 2 is 2.07 bits per heavy atom. The molecule has 0 radical (unpaired) electrons. The second-order valence-corrected chi connectivity index (χ2v) is 6.19. The quantitative estimate of drug-likeness (QED) is 0.685. The van der Waals surface area contributed by atoms with Crippen LogP contribution in [0.1, 0.15) is 32.4 Å². The van der Waals surface area contributed by atoms with E-state index >= 15 is 0 Å². The molecule has 0 amide bonds. The molecule has 3 nitrogen and oxygen atoms in total. The molecule has 1 aromatic rings. The third-order valence-corrected chi connectivity index (χ3v) is 3.88. The summed E-state index contributed by atoms with van der Waals surface area (Å²) in [5, 5.41) is 0.121. The topological polar surface area (TPSA) is 48.0 Å². The monoisotopic (exact) mass is 290 g/mol. The van der Waals surface area contributed by atoms with Gasteiger partial charge in [-0.1, -0.05) is 6.07 Å². The molecule has 0 aliphatic heterocycles. The highest BCUT2D eigenvalue weighted by atomic mass is 79.9. The molecular weight excluding hydrogens is 276 g/mol. The molecule has 0 aliphatic carbocycles. The van der Waals surface area contributed by atoms with Gasteiger partial charge < -0.3 is 4.55 Å². The fraction of sp³-hybridized carbons (Fsp3) is 0.500. The maximum Gasteiger partial charge on any atom is 0.129 e. The zero-order chi connectivity index (χ0) is 11.4. The first kappa shape index (κ1) is 13.0. The number of aromatic nitrogens is 1. The van der Waals surface area contributed by atoms with E-state index < -0.39 is 11.4 Å². The van der Waals surface area contributed by atoms with Crippen LogP contribution in [0.2, 0.25) is 0 Å². The van der Waals surface area contributed by atoms with Gasteiger partial charge in [0, 0.05) is 17.6 Å². The Morgan fingerprint density at radius 1 is 1.40 bits per heavy atom. The fourth-order valence-electron chi connectivity index (χ4n) is 1.02. The first-order chi connectivity index (χ1) is 7.00. The molecule has 5 heteroatoms. The summed E-state index contributed by atoms with van der Waals surface area (Å²) in [4.78, 5) is 4.13. The second-order valence-electron chi connectivity index (χ2n) is 3.60. The lowest BCUT2D eigenvalue weighted by Gasteiger charge is -2.19. The molecule has 1 N–H and O–H groups in total. The molecule has 1 heterocycles. The Labute approximate surface area is 102 Å². The summed E-state index contributed by atoms with van der Waals surface area (Å²) in [6.07, 6.45) is 1.78. The van der Waals surface area contributed by atoms with Crippen LogP contribution in [0.15, 0.2) is 22.9 Å². The van der Waals surface area contributed by atoms with Crippen LogP contribution >= 0.6 is 15.9 Å². The van der Waals surface area contributed by atoms with Crippen LogP contribution < -0.4 is 4.72 Å². The van der Waals surface area contributed by atoms with Crippen molar-refractivity contribution in [2.75, 3.05) is 0 Å². The van der Waals surface area contributed by atoms with Crippen LogP contribution in [-0.2, 0) is 11.4 Å². The maximum atomic E-state index is 11.6. The Hall–Kier alpha value is -0.100. The molecular formula is C10H15BrN2OS.